The Labute approximate surface area is 224 Å². The number of thiophene rings is 1. The van der Waals surface area contributed by atoms with Crippen molar-refractivity contribution in [2.75, 3.05) is 34.3 Å². The van der Waals surface area contributed by atoms with Gasteiger partial charge in [0.05, 0.1) is 34.6 Å². The molecule has 2 aromatic heterocycles. The number of nitrogens with one attached hydrogen (secondary N) is 2. The molecule has 0 fully saturated rings. The van der Waals surface area contributed by atoms with E-state index < -0.39 is 27.7 Å². The molecule has 0 unspecified atom stereocenters. The molecule has 38 heavy (non-hydrogen) atoms. The molecule has 0 saturated heterocycles. The Hall–Kier alpha value is -3.55. The number of benzene rings is 2. The molecular weight excluding hydrogens is 565 g/mol. The number of sulfonamides is 1. The van der Waals surface area contributed by atoms with Gasteiger partial charge >= 0.3 is 6.18 Å². The number of carbonyl (C=O) groups is 1. The number of hydrogen-bond donors (Lipinski definition) is 2. The zero-order chi connectivity index (χ0) is 27.2. The van der Waals surface area contributed by atoms with Gasteiger partial charge in [0.25, 0.3) is 5.91 Å². The van der Waals surface area contributed by atoms with E-state index >= 15 is 0 Å². The standard InChI is InChI=1S/C24H18ClF3N4O4S2/c1-38(34,35)32-7-6-29-17-12-19-13(8-18(17)32)9-20(37-19)23(33)30-15-10-21(25)31-22(11-15)36-16-4-2-14(3-5-16)24(26,27)28/h2-5,8-12,29H,6-7H2,1H3,(H,30,31,33). The minimum atomic E-state index is -4.47. The van der Waals surface area contributed by atoms with Crippen LogP contribution >= 0.6 is 22.9 Å². The van der Waals surface area contributed by atoms with Crippen LogP contribution in [0.4, 0.5) is 30.2 Å². The molecule has 0 bridgehead atoms. The number of aromatic nitrogens is 1. The van der Waals surface area contributed by atoms with Crippen molar-refractivity contribution in [2.24, 2.45) is 0 Å². The van der Waals surface area contributed by atoms with E-state index in [1.54, 1.807) is 12.1 Å². The van der Waals surface area contributed by atoms with Gasteiger partial charge in [0.15, 0.2) is 0 Å². The van der Waals surface area contributed by atoms with Gasteiger partial charge in [-0.1, -0.05) is 11.6 Å². The van der Waals surface area contributed by atoms with Crippen LogP contribution < -0.4 is 19.7 Å². The summed E-state index contributed by atoms with van der Waals surface area (Å²) >= 11 is 7.30. The lowest BCUT2D eigenvalue weighted by Gasteiger charge is -2.30. The molecule has 14 heteroatoms. The zero-order valence-corrected chi connectivity index (χ0v) is 21.9. The van der Waals surface area contributed by atoms with Gasteiger partial charge in [-0.05, 0) is 53.9 Å². The fraction of sp³-hybridized carbons (Fsp3) is 0.167. The van der Waals surface area contributed by atoms with Crippen molar-refractivity contribution >= 4 is 66.0 Å². The highest BCUT2D eigenvalue weighted by molar-refractivity contribution is 7.92. The molecule has 0 aliphatic carbocycles. The number of rotatable bonds is 5. The van der Waals surface area contributed by atoms with Crippen molar-refractivity contribution in [1.82, 2.24) is 4.98 Å². The van der Waals surface area contributed by atoms with Crippen molar-refractivity contribution in [1.29, 1.82) is 0 Å². The van der Waals surface area contributed by atoms with Crippen molar-refractivity contribution in [3.63, 3.8) is 0 Å². The van der Waals surface area contributed by atoms with Gasteiger partial charge in [0.2, 0.25) is 15.9 Å². The maximum atomic E-state index is 13.0. The summed E-state index contributed by atoms with van der Waals surface area (Å²) in [5.74, 6) is -0.362. The number of nitrogens with zero attached hydrogens (tertiary/aromatic N) is 2. The summed E-state index contributed by atoms with van der Waals surface area (Å²) in [5, 5.41) is 6.61. The zero-order valence-electron chi connectivity index (χ0n) is 19.5. The van der Waals surface area contributed by atoms with Crippen LogP contribution in [0.2, 0.25) is 5.15 Å². The first-order chi connectivity index (χ1) is 17.9. The maximum absolute atomic E-state index is 13.0. The summed E-state index contributed by atoms with van der Waals surface area (Å²) in [4.78, 5) is 17.4. The first-order valence-electron chi connectivity index (χ1n) is 11.0. The van der Waals surface area contributed by atoms with Crippen molar-refractivity contribution < 1.29 is 31.1 Å². The molecule has 0 saturated carbocycles. The van der Waals surface area contributed by atoms with Gasteiger partial charge in [-0.25, -0.2) is 13.4 Å². The minimum Gasteiger partial charge on any atom is -0.439 e. The highest BCUT2D eigenvalue weighted by Gasteiger charge is 2.30. The molecule has 0 atom stereocenters. The molecule has 2 aromatic carbocycles. The van der Waals surface area contributed by atoms with Gasteiger partial charge in [-0.3, -0.25) is 9.10 Å². The Kier molecular flexibility index (Phi) is 6.61. The molecule has 0 radical (unpaired) electrons. The lowest BCUT2D eigenvalue weighted by atomic mass is 10.1. The quantitative estimate of drug-likeness (QED) is 0.272. The van der Waals surface area contributed by atoms with E-state index in [4.69, 9.17) is 16.3 Å². The first kappa shape index (κ1) is 26.1. The van der Waals surface area contributed by atoms with E-state index in [1.807, 2.05) is 6.07 Å². The third-order valence-corrected chi connectivity index (χ3v) is 8.06. The SMILES string of the molecule is CS(=O)(=O)N1CCNc2cc3sc(C(=O)Nc4cc(Cl)nc(Oc5ccc(C(F)(F)F)cc5)c4)cc3cc21. The first-order valence-corrected chi connectivity index (χ1v) is 14.0. The summed E-state index contributed by atoms with van der Waals surface area (Å²) in [6.45, 7) is 0.762. The molecular formula is C24H18ClF3N4O4S2. The summed E-state index contributed by atoms with van der Waals surface area (Å²) in [5.41, 5.74) is 0.621. The Balaban J connectivity index is 1.36. The Morgan fingerprint density at radius 3 is 2.58 bits per heavy atom. The van der Waals surface area contributed by atoms with Gasteiger partial charge in [-0.2, -0.15) is 13.2 Å². The number of ether oxygens (including phenoxy) is 1. The predicted molar refractivity (Wildman–Crippen MR) is 141 cm³/mol. The smallest absolute Gasteiger partial charge is 0.416 e. The number of carbonyl (C=O) groups excluding carboxylic acids is 1. The average molecular weight is 583 g/mol. The second kappa shape index (κ2) is 9.64. The van der Waals surface area contributed by atoms with Gasteiger partial charge in [0, 0.05) is 23.0 Å². The van der Waals surface area contributed by atoms with Crippen LogP contribution in [0.1, 0.15) is 15.2 Å². The number of pyridine rings is 1. The van der Waals surface area contributed by atoms with Crippen LogP contribution in [0.25, 0.3) is 10.1 Å². The van der Waals surface area contributed by atoms with Gasteiger partial charge < -0.3 is 15.4 Å². The van der Waals surface area contributed by atoms with Crippen LogP contribution in [0.3, 0.4) is 0 Å². The van der Waals surface area contributed by atoms with E-state index in [0.717, 1.165) is 35.2 Å². The molecule has 2 N–H and O–H groups in total. The van der Waals surface area contributed by atoms with Crippen LogP contribution in [-0.4, -0.2) is 38.7 Å². The molecule has 0 spiro atoms. The number of fused-ring (bicyclic) bond motifs is 2. The lowest BCUT2D eigenvalue weighted by Crippen LogP contribution is -2.38. The summed E-state index contributed by atoms with van der Waals surface area (Å²) in [6.07, 6.45) is -3.33. The largest absolute Gasteiger partial charge is 0.439 e. The van der Waals surface area contributed by atoms with Crippen LogP contribution in [0, 0.1) is 0 Å². The van der Waals surface area contributed by atoms with Gasteiger partial charge in [-0.15, -0.1) is 11.3 Å². The van der Waals surface area contributed by atoms with E-state index in [2.05, 4.69) is 15.6 Å². The molecule has 198 valence electrons. The molecule has 4 aromatic rings. The van der Waals surface area contributed by atoms with E-state index in [-0.39, 0.29) is 22.5 Å². The topological polar surface area (TPSA) is 101 Å². The summed E-state index contributed by atoms with van der Waals surface area (Å²) in [7, 11) is -3.46. The highest BCUT2D eigenvalue weighted by Crippen LogP contribution is 2.38. The fourth-order valence-electron chi connectivity index (χ4n) is 3.91. The van der Waals surface area contributed by atoms with Crippen molar-refractivity contribution in [3.05, 3.63) is 70.2 Å². The predicted octanol–water partition coefficient (Wildman–Crippen LogP) is 6.20. The van der Waals surface area contributed by atoms with Gasteiger partial charge in [0.1, 0.15) is 10.9 Å². The summed E-state index contributed by atoms with van der Waals surface area (Å²) in [6, 6.07) is 12.1. The number of alkyl halides is 3. The average Bonchev–Trinajstić information content (AvgIpc) is 3.24. The molecule has 3 heterocycles. The molecule has 8 nitrogen and oxygen atoms in total. The highest BCUT2D eigenvalue weighted by atomic mass is 35.5. The lowest BCUT2D eigenvalue weighted by molar-refractivity contribution is -0.137. The number of amides is 1. The molecule has 5 rings (SSSR count). The molecule has 1 amide bonds. The third-order valence-electron chi connectivity index (χ3n) is 5.59. The normalized spacial score (nSPS) is 13.7. The number of anilines is 3. The third kappa shape index (κ3) is 5.49. The van der Waals surface area contributed by atoms with Crippen LogP contribution in [-0.2, 0) is 16.2 Å². The second-order valence-corrected chi connectivity index (χ2v) is 11.8. The second-order valence-electron chi connectivity index (χ2n) is 8.37. The Morgan fingerprint density at radius 2 is 1.89 bits per heavy atom. The molecule has 1 aliphatic heterocycles. The van der Waals surface area contributed by atoms with E-state index in [9.17, 15) is 26.4 Å². The van der Waals surface area contributed by atoms with E-state index in [1.165, 1.54) is 27.8 Å². The minimum absolute atomic E-state index is 0.000619. The number of halogens is 4. The van der Waals surface area contributed by atoms with Crippen LogP contribution in [0.15, 0.2) is 54.6 Å². The van der Waals surface area contributed by atoms with Crippen molar-refractivity contribution in [3.8, 4) is 11.6 Å². The van der Waals surface area contributed by atoms with Crippen LogP contribution in [0.5, 0.6) is 11.6 Å². The Bertz CT molecular complexity index is 1660. The fourth-order valence-corrected chi connectivity index (χ4v) is 6.03. The monoisotopic (exact) mass is 582 g/mol. The summed E-state index contributed by atoms with van der Waals surface area (Å²) < 4.78 is 70.4. The Morgan fingerprint density at radius 1 is 1.16 bits per heavy atom. The van der Waals surface area contributed by atoms with E-state index in [0.29, 0.717) is 34.7 Å². The molecule has 1 aliphatic rings. The van der Waals surface area contributed by atoms with Crippen molar-refractivity contribution in [2.45, 2.75) is 6.18 Å². The number of hydrogen-bond acceptors (Lipinski definition) is 7. The maximum Gasteiger partial charge on any atom is 0.416 e.